The highest BCUT2D eigenvalue weighted by Crippen LogP contribution is 2.25. The number of sulfonamides is 1. The van der Waals surface area contributed by atoms with Crippen LogP contribution in [0.5, 0.6) is 5.75 Å². The summed E-state index contributed by atoms with van der Waals surface area (Å²) in [4.78, 5) is 23.9. The number of halogens is 3. The van der Waals surface area contributed by atoms with Gasteiger partial charge in [0.15, 0.2) is 6.61 Å². The number of hydrogen-bond acceptors (Lipinski definition) is 5. The highest BCUT2D eigenvalue weighted by atomic mass is 32.2. The first-order chi connectivity index (χ1) is 12.4. The molecular formula is C15H17F3N2O6S. The summed E-state index contributed by atoms with van der Waals surface area (Å²) in [5, 5.41) is 9.34. The van der Waals surface area contributed by atoms with Crippen molar-refractivity contribution in [2.45, 2.75) is 24.0 Å². The lowest BCUT2D eigenvalue weighted by Crippen LogP contribution is -2.58. The first-order valence-electron chi connectivity index (χ1n) is 7.71. The number of nitrogens with zero attached hydrogens (tertiary/aromatic N) is 2. The van der Waals surface area contributed by atoms with Gasteiger partial charge in [-0.05, 0) is 24.3 Å². The maximum Gasteiger partial charge on any atom is 0.422 e. The fourth-order valence-electron chi connectivity index (χ4n) is 2.55. The van der Waals surface area contributed by atoms with E-state index in [2.05, 4.69) is 4.74 Å². The van der Waals surface area contributed by atoms with Crippen molar-refractivity contribution in [2.24, 2.45) is 0 Å². The van der Waals surface area contributed by atoms with Crippen molar-refractivity contribution in [2.75, 3.05) is 26.2 Å². The number of hydrogen-bond donors (Lipinski definition) is 1. The van der Waals surface area contributed by atoms with E-state index in [0.717, 1.165) is 28.6 Å². The summed E-state index contributed by atoms with van der Waals surface area (Å²) < 4.78 is 67.2. The minimum atomic E-state index is -4.53. The number of carbonyl (C=O) groups is 2. The zero-order valence-electron chi connectivity index (χ0n) is 14.1. The lowest BCUT2D eigenvalue weighted by atomic mass is 10.2. The zero-order valence-corrected chi connectivity index (χ0v) is 15.0. The van der Waals surface area contributed by atoms with Crippen LogP contribution >= 0.6 is 0 Å². The van der Waals surface area contributed by atoms with Gasteiger partial charge in [0, 0.05) is 26.6 Å². The number of rotatable bonds is 5. The van der Waals surface area contributed by atoms with Gasteiger partial charge in [-0.3, -0.25) is 9.59 Å². The van der Waals surface area contributed by atoms with Crippen LogP contribution in [-0.2, 0) is 19.6 Å². The molecule has 1 aliphatic rings. The molecule has 27 heavy (non-hydrogen) atoms. The summed E-state index contributed by atoms with van der Waals surface area (Å²) in [5.41, 5.74) is 0. The number of benzene rings is 1. The van der Waals surface area contributed by atoms with Crippen LogP contribution in [0, 0.1) is 0 Å². The van der Waals surface area contributed by atoms with E-state index in [1.54, 1.807) is 0 Å². The van der Waals surface area contributed by atoms with Gasteiger partial charge in [0.2, 0.25) is 15.9 Å². The predicted octanol–water partition coefficient (Wildman–Crippen LogP) is 0.934. The lowest BCUT2D eigenvalue weighted by molar-refractivity contribution is -0.153. The summed E-state index contributed by atoms with van der Waals surface area (Å²) >= 11 is 0. The van der Waals surface area contributed by atoms with Crippen LogP contribution in [0.2, 0.25) is 0 Å². The largest absolute Gasteiger partial charge is 0.484 e. The van der Waals surface area contributed by atoms with E-state index in [9.17, 15) is 36.3 Å². The van der Waals surface area contributed by atoms with Crippen LogP contribution in [0.15, 0.2) is 29.2 Å². The van der Waals surface area contributed by atoms with Gasteiger partial charge in [-0.1, -0.05) is 0 Å². The molecule has 1 atom stereocenters. The number of aliphatic carboxylic acids is 1. The monoisotopic (exact) mass is 410 g/mol. The molecule has 1 aliphatic heterocycles. The predicted molar refractivity (Wildman–Crippen MR) is 85.6 cm³/mol. The van der Waals surface area contributed by atoms with Gasteiger partial charge in [-0.25, -0.2) is 8.42 Å². The minimum Gasteiger partial charge on any atom is -0.484 e. The molecule has 0 spiro atoms. The van der Waals surface area contributed by atoms with E-state index in [-0.39, 0.29) is 36.2 Å². The molecule has 0 unspecified atom stereocenters. The Balaban J connectivity index is 2.21. The van der Waals surface area contributed by atoms with E-state index < -0.39 is 34.8 Å². The Hall–Kier alpha value is -2.34. The fourth-order valence-corrected chi connectivity index (χ4v) is 4.11. The molecule has 0 radical (unpaired) electrons. The summed E-state index contributed by atoms with van der Waals surface area (Å²) in [7, 11) is -4.23. The second-order valence-corrected chi connectivity index (χ2v) is 7.70. The van der Waals surface area contributed by atoms with E-state index in [0.29, 0.717) is 0 Å². The third-order valence-corrected chi connectivity index (χ3v) is 5.82. The van der Waals surface area contributed by atoms with Crippen molar-refractivity contribution in [1.29, 1.82) is 0 Å². The van der Waals surface area contributed by atoms with Gasteiger partial charge in [-0.15, -0.1) is 0 Å². The molecule has 1 aromatic carbocycles. The van der Waals surface area contributed by atoms with Gasteiger partial charge < -0.3 is 14.7 Å². The second-order valence-electron chi connectivity index (χ2n) is 5.81. The summed E-state index contributed by atoms with van der Waals surface area (Å²) in [6, 6.07) is 2.73. The van der Waals surface area contributed by atoms with Crippen LogP contribution in [-0.4, -0.2) is 73.1 Å². The Bertz CT molecular complexity index is 810. The van der Waals surface area contributed by atoms with Gasteiger partial charge in [0.25, 0.3) is 0 Å². The molecule has 150 valence electrons. The number of amides is 1. The van der Waals surface area contributed by atoms with Crippen LogP contribution < -0.4 is 4.74 Å². The van der Waals surface area contributed by atoms with E-state index in [1.165, 1.54) is 11.8 Å². The third kappa shape index (κ3) is 5.10. The van der Waals surface area contributed by atoms with Gasteiger partial charge in [-0.2, -0.15) is 17.5 Å². The number of piperazine rings is 1. The van der Waals surface area contributed by atoms with Gasteiger partial charge in [0.1, 0.15) is 11.8 Å². The Kier molecular flexibility index (Phi) is 6.00. The van der Waals surface area contributed by atoms with Gasteiger partial charge >= 0.3 is 12.1 Å². The van der Waals surface area contributed by atoms with E-state index >= 15 is 0 Å². The molecule has 2 rings (SSSR count). The van der Waals surface area contributed by atoms with Crippen molar-refractivity contribution in [1.82, 2.24) is 9.21 Å². The normalized spacial score (nSPS) is 19.0. The molecule has 0 aliphatic carbocycles. The van der Waals surface area contributed by atoms with Crippen LogP contribution in [0.25, 0.3) is 0 Å². The number of alkyl halides is 3. The Morgan fingerprint density at radius 1 is 1.22 bits per heavy atom. The van der Waals surface area contributed by atoms with Crippen molar-refractivity contribution in [3.8, 4) is 5.75 Å². The molecule has 1 fully saturated rings. The van der Waals surface area contributed by atoms with Crippen LogP contribution in [0.1, 0.15) is 6.92 Å². The highest BCUT2D eigenvalue weighted by Gasteiger charge is 2.40. The molecule has 0 aromatic heterocycles. The van der Waals surface area contributed by atoms with E-state index in [4.69, 9.17) is 0 Å². The average Bonchev–Trinajstić information content (AvgIpc) is 2.59. The molecule has 0 bridgehead atoms. The Morgan fingerprint density at radius 2 is 1.81 bits per heavy atom. The molecule has 1 heterocycles. The number of ether oxygens (including phenoxy) is 1. The third-order valence-electron chi connectivity index (χ3n) is 3.89. The molecular weight excluding hydrogens is 393 g/mol. The molecule has 1 saturated heterocycles. The molecule has 8 nitrogen and oxygen atoms in total. The van der Waals surface area contributed by atoms with E-state index in [1.807, 2.05) is 0 Å². The average molecular weight is 410 g/mol. The topological polar surface area (TPSA) is 104 Å². The first kappa shape index (κ1) is 21.0. The highest BCUT2D eigenvalue weighted by molar-refractivity contribution is 7.89. The molecule has 1 amide bonds. The smallest absolute Gasteiger partial charge is 0.422 e. The number of carboxylic acid groups (broad SMARTS) is 1. The minimum absolute atomic E-state index is 0.0329. The lowest BCUT2D eigenvalue weighted by Gasteiger charge is -2.37. The zero-order chi connectivity index (χ0) is 20.4. The Morgan fingerprint density at radius 3 is 2.30 bits per heavy atom. The molecule has 0 saturated carbocycles. The van der Waals surface area contributed by atoms with Crippen LogP contribution in [0.4, 0.5) is 13.2 Å². The van der Waals surface area contributed by atoms with Gasteiger partial charge in [0.05, 0.1) is 4.90 Å². The van der Waals surface area contributed by atoms with Crippen molar-refractivity contribution in [3.05, 3.63) is 24.3 Å². The van der Waals surface area contributed by atoms with Crippen molar-refractivity contribution < 1.29 is 41.0 Å². The molecule has 1 N–H and O–H groups in total. The van der Waals surface area contributed by atoms with Crippen molar-refractivity contribution in [3.63, 3.8) is 0 Å². The fraction of sp³-hybridized carbons (Fsp3) is 0.467. The maximum atomic E-state index is 12.7. The quantitative estimate of drug-likeness (QED) is 0.775. The summed E-state index contributed by atoms with van der Waals surface area (Å²) in [6.45, 7) is -0.747. The number of carboxylic acids is 1. The first-order valence-corrected chi connectivity index (χ1v) is 9.15. The number of carbonyl (C=O) groups excluding carboxylic acids is 1. The molecule has 1 aromatic rings. The SMILES string of the molecule is CC(=O)N1CCN(S(=O)(=O)c2ccc(OCC(F)(F)F)cc2)[C@@H](C(=O)O)C1. The van der Waals surface area contributed by atoms with Crippen LogP contribution in [0.3, 0.4) is 0 Å². The standard InChI is InChI=1S/C15H17F3N2O6S/c1-10(21)19-6-7-20(13(8-19)14(22)23)27(24,25)12-4-2-11(3-5-12)26-9-15(16,17)18/h2-5,13H,6-9H2,1H3,(H,22,23)/t13-/m1/s1. The maximum absolute atomic E-state index is 12.7. The molecule has 12 heteroatoms. The summed E-state index contributed by atoms with van der Waals surface area (Å²) in [6.07, 6.45) is -4.53. The Labute approximate surface area is 153 Å². The van der Waals surface area contributed by atoms with Crippen molar-refractivity contribution >= 4 is 21.9 Å². The summed E-state index contributed by atoms with van der Waals surface area (Å²) in [5.74, 6) is -1.96. The second kappa shape index (κ2) is 7.72.